The molecule has 0 unspecified atom stereocenters. The van der Waals surface area contributed by atoms with Gasteiger partial charge < -0.3 is 5.32 Å². The van der Waals surface area contributed by atoms with E-state index in [4.69, 9.17) is 0 Å². The van der Waals surface area contributed by atoms with Crippen molar-refractivity contribution in [1.29, 1.82) is 0 Å². The molecular formula is C17H17N5O. The first-order valence-corrected chi connectivity index (χ1v) is 7.39. The third-order valence-electron chi connectivity index (χ3n) is 3.41. The van der Waals surface area contributed by atoms with Crippen LogP contribution in [0.2, 0.25) is 0 Å². The molecule has 0 bridgehead atoms. The first-order valence-electron chi connectivity index (χ1n) is 7.39. The highest BCUT2D eigenvalue weighted by molar-refractivity contribution is 5.91. The lowest BCUT2D eigenvalue weighted by molar-refractivity contribution is -0.116. The first kappa shape index (κ1) is 14.9. The summed E-state index contributed by atoms with van der Waals surface area (Å²) in [5.74, 6) is 1.41. The van der Waals surface area contributed by atoms with Gasteiger partial charge in [0.1, 0.15) is 5.82 Å². The van der Waals surface area contributed by atoms with Crippen LogP contribution in [0.3, 0.4) is 0 Å². The van der Waals surface area contributed by atoms with Crippen LogP contribution < -0.4 is 5.32 Å². The van der Waals surface area contributed by atoms with E-state index >= 15 is 0 Å². The number of hydrogen-bond donors (Lipinski definition) is 2. The van der Waals surface area contributed by atoms with Gasteiger partial charge in [-0.25, -0.2) is 4.98 Å². The van der Waals surface area contributed by atoms with E-state index in [0.717, 1.165) is 22.6 Å². The molecule has 2 N–H and O–H groups in total. The van der Waals surface area contributed by atoms with E-state index in [-0.39, 0.29) is 5.91 Å². The van der Waals surface area contributed by atoms with E-state index in [0.29, 0.717) is 18.7 Å². The average molecular weight is 307 g/mol. The zero-order valence-electron chi connectivity index (χ0n) is 12.8. The van der Waals surface area contributed by atoms with Crippen LogP contribution in [0.5, 0.6) is 0 Å². The van der Waals surface area contributed by atoms with E-state index < -0.39 is 0 Å². The van der Waals surface area contributed by atoms with Gasteiger partial charge in [-0.05, 0) is 55.3 Å². The summed E-state index contributed by atoms with van der Waals surface area (Å²) in [7, 11) is 0. The predicted octanol–water partition coefficient (Wildman–Crippen LogP) is 2.75. The Balaban J connectivity index is 1.56. The largest absolute Gasteiger partial charge is 0.326 e. The zero-order chi connectivity index (χ0) is 16.1. The van der Waals surface area contributed by atoms with Gasteiger partial charge in [0.25, 0.3) is 0 Å². The monoisotopic (exact) mass is 307 g/mol. The molecule has 0 aliphatic carbocycles. The van der Waals surface area contributed by atoms with Crippen molar-refractivity contribution in [3.63, 3.8) is 0 Å². The first-order chi connectivity index (χ1) is 11.2. The molecule has 0 saturated carbocycles. The zero-order valence-corrected chi connectivity index (χ0v) is 12.8. The van der Waals surface area contributed by atoms with Gasteiger partial charge in [-0.2, -0.15) is 5.10 Å². The van der Waals surface area contributed by atoms with Gasteiger partial charge in [-0.3, -0.25) is 14.9 Å². The molecule has 2 aromatic heterocycles. The number of nitrogens with one attached hydrogen (secondary N) is 2. The number of carbonyl (C=O) groups excluding carboxylic acids is 1. The number of hydrogen-bond acceptors (Lipinski definition) is 4. The summed E-state index contributed by atoms with van der Waals surface area (Å²) in [6, 6.07) is 11.3. The molecule has 3 aromatic rings. The fourth-order valence-electron chi connectivity index (χ4n) is 2.21. The molecule has 23 heavy (non-hydrogen) atoms. The van der Waals surface area contributed by atoms with Crippen LogP contribution in [0.25, 0.3) is 11.4 Å². The Labute approximate surface area is 134 Å². The number of benzene rings is 1. The minimum atomic E-state index is -0.0108. The topological polar surface area (TPSA) is 83.6 Å². The standard InChI is InChI=1S/C17H17N5O/c1-12-19-17(22-21-12)14-3-5-15(6-4-14)20-16(23)7-2-13-8-10-18-11-9-13/h3-6,8-11H,2,7H2,1H3,(H,20,23)(H,19,21,22). The second kappa shape index (κ2) is 6.83. The van der Waals surface area contributed by atoms with Crippen LogP contribution in [0, 0.1) is 6.92 Å². The van der Waals surface area contributed by atoms with Crippen molar-refractivity contribution in [2.75, 3.05) is 5.32 Å². The number of aryl methyl sites for hydroxylation is 2. The molecule has 0 spiro atoms. The Hall–Kier alpha value is -3.02. The lowest BCUT2D eigenvalue weighted by Crippen LogP contribution is -2.12. The second-order valence-corrected chi connectivity index (χ2v) is 5.23. The highest BCUT2D eigenvalue weighted by Crippen LogP contribution is 2.18. The number of carbonyl (C=O) groups is 1. The Kier molecular flexibility index (Phi) is 4.42. The molecule has 0 saturated heterocycles. The lowest BCUT2D eigenvalue weighted by Gasteiger charge is -2.06. The Bertz CT molecular complexity index is 780. The van der Waals surface area contributed by atoms with E-state index in [2.05, 4.69) is 25.5 Å². The summed E-state index contributed by atoms with van der Waals surface area (Å²) in [6.45, 7) is 1.86. The normalized spacial score (nSPS) is 10.5. The summed E-state index contributed by atoms with van der Waals surface area (Å²) in [5, 5.41) is 9.81. The van der Waals surface area contributed by atoms with Gasteiger partial charge in [0.2, 0.25) is 5.91 Å². The second-order valence-electron chi connectivity index (χ2n) is 5.23. The molecule has 116 valence electrons. The maximum absolute atomic E-state index is 12.0. The van der Waals surface area contributed by atoms with Crippen LogP contribution in [0.4, 0.5) is 5.69 Å². The van der Waals surface area contributed by atoms with Crippen molar-refractivity contribution < 1.29 is 4.79 Å². The van der Waals surface area contributed by atoms with Crippen molar-refractivity contribution in [1.82, 2.24) is 20.2 Å². The van der Waals surface area contributed by atoms with Crippen molar-refractivity contribution in [2.24, 2.45) is 0 Å². The van der Waals surface area contributed by atoms with Crippen molar-refractivity contribution in [3.05, 3.63) is 60.2 Å². The highest BCUT2D eigenvalue weighted by Gasteiger charge is 2.06. The molecule has 2 heterocycles. The maximum atomic E-state index is 12.0. The minimum absolute atomic E-state index is 0.0108. The summed E-state index contributed by atoms with van der Waals surface area (Å²) in [4.78, 5) is 20.2. The van der Waals surface area contributed by atoms with Crippen molar-refractivity contribution in [3.8, 4) is 11.4 Å². The molecule has 0 aliphatic heterocycles. The number of anilines is 1. The van der Waals surface area contributed by atoms with E-state index in [1.165, 1.54) is 0 Å². The quantitative estimate of drug-likeness (QED) is 0.759. The van der Waals surface area contributed by atoms with Gasteiger partial charge in [0.15, 0.2) is 5.82 Å². The molecule has 6 heteroatoms. The van der Waals surface area contributed by atoms with Gasteiger partial charge in [-0.15, -0.1) is 0 Å². The van der Waals surface area contributed by atoms with Crippen LogP contribution in [-0.4, -0.2) is 26.1 Å². The molecule has 0 fully saturated rings. The number of aromatic amines is 1. The number of nitrogens with zero attached hydrogens (tertiary/aromatic N) is 3. The fraction of sp³-hybridized carbons (Fsp3) is 0.176. The predicted molar refractivity (Wildman–Crippen MR) is 87.7 cm³/mol. The van der Waals surface area contributed by atoms with E-state index in [1.807, 2.05) is 43.3 Å². The lowest BCUT2D eigenvalue weighted by atomic mass is 10.1. The smallest absolute Gasteiger partial charge is 0.224 e. The van der Waals surface area contributed by atoms with E-state index in [9.17, 15) is 4.79 Å². The van der Waals surface area contributed by atoms with Crippen LogP contribution in [-0.2, 0) is 11.2 Å². The Morgan fingerprint density at radius 2 is 1.87 bits per heavy atom. The number of aromatic nitrogens is 4. The molecule has 0 aliphatic rings. The van der Waals surface area contributed by atoms with Crippen LogP contribution >= 0.6 is 0 Å². The number of rotatable bonds is 5. The maximum Gasteiger partial charge on any atom is 0.224 e. The molecule has 0 atom stereocenters. The van der Waals surface area contributed by atoms with Crippen molar-refractivity contribution >= 4 is 11.6 Å². The van der Waals surface area contributed by atoms with Gasteiger partial charge in [0, 0.05) is 30.1 Å². The van der Waals surface area contributed by atoms with Gasteiger partial charge >= 0.3 is 0 Å². The summed E-state index contributed by atoms with van der Waals surface area (Å²) in [5.41, 5.74) is 2.77. The molecule has 6 nitrogen and oxygen atoms in total. The van der Waals surface area contributed by atoms with Gasteiger partial charge in [0.05, 0.1) is 0 Å². The molecule has 1 aromatic carbocycles. The van der Waals surface area contributed by atoms with Crippen molar-refractivity contribution in [2.45, 2.75) is 19.8 Å². The number of amides is 1. The third-order valence-corrected chi connectivity index (χ3v) is 3.41. The minimum Gasteiger partial charge on any atom is -0.326 e. The number of pyridine rings is 1. The molecule has 1 amide bonds. The van der Waals surface area contributed by atoms with Crippen LogP contribution in [0.15, 0.2) is 48.8 Å². The molecule has 0 radical (unpaired) electrons. The molecule has 3 rings (SSSR count). The summed E-state index contributed by atoms with van der Waals surface area (Å²) in [6.07, 6.45) is 4.60. The third kappa shape index (κ3) is 4.00. The SMILES string of the molecule is Cc1nc(-c2ccc(NC(=O)CCc3ccncc3)cc2)n[nH]1. The summed E-state index contributed by atoms with van der Waals surface area (Å²) < 4.78 is 0. The van der Waals surface area contributed by atoms with E-state index in [1.54, 1.807) is 12.4 Å². The highest BCUT2D eigenvalue weighted by atomic mass is 16.1. The van der Waals surface area contributed by atoms with Crippen LogP contribution in [0.1, 0.15) is 17.8 Å². The average Bonchev–Trinajstić information content (AvgIpc) is 3.01. The Morgan fingerprint density at radius 3 is 2.52 bits per heavy atom. The Morgan fingerprint density at radius 1 is 1.13 bits per heavy atom. The number of H-pyrrole nitrogens is 1. The summed E-state index contributed by atoms with van der Waals surface area (Å²) >= 11 is 0. The molecular weight excluding hydrogens is 290 g/mol. The van der Waals surface area contributed by atoms with Gasteiger partial charge in [-0.1, -0.05) is 0 Å². The fourth-order valence-corrected chi connectivity index (χ4v) is 2.21.